The summed E-state index contributed by atoms with van der Waals surface area (Å²) in [5.41, 5.74) is 7.08. The number of carbonyl (C=O) groups excluding carboxylic acids is 1. The molecule has 0 aliphatic heterocycles. The van der Waals surface area contributed by atoms with Crippen LogP contribution < -0.4 is 5.73 Å². The second-order valence-corrected chi connectivity index (χ2v) is 7.43. The van der Waals surface area contributed by atoms with Crippen LogP contribution in [0.1, 0.15) is 15.9 Å². The van der Waals surface area contributed by atoms with Crippen molar-refractivity contribution in [3.05, 3.63) is 48.0 Å². The van der Waals surface area contributed by atoms with Gasteiger partial charge in [0.25, 0.3) is 0 Å². The quantitative estimate of drug-likeness (QED) is 0.590. The molecular weight excluding hydrogens is 389 g/mol. The third kappa shape index (κ3) is 2.57. The number of thiophene rings is 1. The Morgan fingerprint density at radius 2 is 2.06 bits per heavy atom. The van der Waals surface area contributed by atoms with E-state index in [1.54, 1.807) is 24.3 Å². The standard InChI is InChI=1S/C11H6Br2ClNOS/c12-8-4-5(11(13)17-8)10(16)9-6(14)2-1-3-7(9)15/h1-4H,15H2. The van der Waals surface area contributed by atoms with E-state index < -0.39 is 0 Å². The molecule has 17 heavy (non-hydrogen) atoms. The molecule has 2 N–H and O–H groups in total. The van der Waals surface area contributed by atoms with E-state index >= 15 is 0 Å². The van der Waals surface area contributed by atoms with E-state index in [0.717, 1.165) is 7.57 Å². The van der Waals surface area contributed by atoms with Crippen molar-refractivity contribution >= 4 is 66.3 Å². The fraction of sp³-hybridized carbons (Fsp3) is 0. The predicted molar refractivity (Wildman–Crippen MR) is 79.0 cm³/mol. The van der Waals surface area contributed by atoms with Crippen molar-refractivity contribution in [3.63, 3.8) is 0 Å². The van der Waals surface area contributed by atoms with E-state index in [1.165, 1.54) is 11.3 Å². The Bertz CT molecular complexity index is 577. The molecule has 0 amide bonds. The van der Waals surface area contributed by atoms with E-state index in [1.807, 2.05) is 0 Å². The molecule has 0 atom stereocenters. The average Bonchev–Trinajstić information content (AvgIpc) is 2.57. The van der Waals surface area contributed by atoms with Gasteiger partial charge in [0.05, 0.1) is 18.2 Å². The molecule has 0 aliphatic rings. The van der Waals surface area contributed by atoms with Crippen molar-refractivity contribution in [1.29, 1.82) is 0 Å². The Hall–Kier alpha value is -0.360. The number of ketones is 1. The topological polar surface area (TPSA) is 43.1 Å². The summed E-state index contributed by atoms with van der Waals surface area (Å²) in [6, 6.07) is 6.78. The number of halogens is 3. The molecule has 2 rings (SSSR count). The van der Waals surface area contributed by atoms with Crippen LogP contribution in [0.3, 0.4) is 0 Å². The van der Waals surface area contributed by atoms with E-state index in [0.29, 0.717) is 21.8 Å². The predicted octanol–water partition coefficient (Wildman–Crippen LogP) is 4.74. The fourth-order valence-corrected chi connectivity index (χ4v) is 4.47. The first-order valence-electron chi connectivity index (χ1n) is 4.54. The minimum absolute atomic E-state index is 0.179. The third-order valence-corrected chi connectivity index (χ3v) is 4.83. The summed E-state index contributed by atoms with van der Waals surface area (Å²) < 4.78 is 1.63. The molecule has 0 unspecified atom stereocenters. The molecule has 0 spiro atoms. The smallest absolute Gasteiger partial charge is 0.198 e. The Kier molecular flexibility index (Phi) is 3.92. The number of hydrogen-bond acceptors (Lipinski definition) is 3. The number of nitrogen functional groups attached to an aromatic ring is 1. The second-order valence-electron chi connectivity index (χ2n) is 3.27. The van der Waals surface area contributed by atoms with Crippen LogP contribution in [0, 0.1) is 0 Å². The van der Waals surface area contributed by atoms with E-state index in [9.17, 15) is 4.79 Å². The van der Waals surface area contributed by atoms with Gasteiger partial charge in [-0.25, -0.2) is 0 Å². The highest BCUT2D eigenvalue weighted by Gasteiger charge is 2.20. The van der Waals surface area contributed by atoms with Crippen LogP contribution in [0.2, 0.25) is 5.02 Å². The molecule has 1 heterocycles. The largest absolute Gasteiger partial charge is 0.398 e. The van der Waals surface area contributed by atoms with Gasteiger partial charge in [0.15, 0.2) is 5.78 Å². The Balaban J connectivity index is 2.55. The second kappa shape index (κ2) is 5.10. The van der Waals surface area contributed by atoms with Gasteiger partial charge in [0.1, 0.15) is 0 Å². The molecule has 6 heteroatoms. The minimum atomic E-state index is -0.179. The first kappa shape index (κ1) is 13.1. The molecule has 1 aromatic heterocycles. The van der Waals surface area contributed by atoms with Gasteiger partial charge in [-0.05, 0) is 50.1 Å². The zero-order valence-electron chi connectivity index (χ0n) is 8.34. The molecule has 1 aromatic carbocycles. The molecular formula is C11H6Br2ClNOS. The highest BCUT2D eigenvalue weighted by atomic mass is 79.9. The van der Waals surface area contributed by atoms with Crippen molar-refractivity contribution in [2.45, 2.75) is 0 Å². The molecule has 0 fully saturated rings. The first-order valence-corrected chi connectivity index (χ1v) is 7.32. The SMILES string of the molecule is Nc1cccc(Cl)c1C(=O)c1cc(Br)sc1Br. The van der Waals surface area contributed by atoms with Crippen LogP contribution in [-0.2, 0) is 0 Å². The molecule has 0 saturated carbocycles. The summed E-state index contributed by atoms with van der Waals surface area (Å²) in [6.45, 7) is 0. The zero-order valence-corrected chi connectivity index (χ0v) is 13.1. The minimum Gasteiger partial charge on any atom is -0.398 e. The maximum Gasteiger partial charge on any atom is 0.198 e. The van der Waals surface area contributed by atoms with Crippen LogP contribution in [0.25, 0.3) is 0 Å². The molecule has 88 valence electrons. The highest BCUT2D eigenvalue weighted by molar-refractivity contribution is 9.12. The molecule has 0 aliphatic carbocycles. The van der Waals surface area contributed by atoms with Gasteiger partial charge in [-0.15, -0.1) is 11.3 Å². The number of benzene rings is 1. The van der Waals surface area contributed by atoms with Gasteiger partial charge in [-0.1, -0.05) is 17.7 Å². The normalized spacial score (nSPS) is 10.5. The van der Waals surface area contributed by atoms with Gasteiger partial charge < -0.3 is 5.73 Å². The number of anilines is 1. The van der Waals surface area contributed by atoms with E-state index in [4.69, 9.17) is 17.3 Å². The Labute approximate surface area is 124 Å². The number of nitrogens with two attached hydrogens (primary N) is 1. The van der Waals surface area contributed by atoms with Crippen molar-refractivity contribution < 1.29 is 4.79 Å². The summed E-state index contributed by atoms with van der Waals surface area (Å²) in [4.78, 5) is 12.3. The lowest BCUT2D eigenvalue weighted by atomic mass is 10.0. The summed E-state index contributed by atoms with van der Waals surface area (Å²) in [6.07, 6.45) is 0. The lowest BCUT2D eigenvalue weighted by Gasteiger charge is -2.05. The number of rotatable bonds is 2. The Morgan fingerprint density at radius 3 is 2.59 bits per heavy atom. The summed E-state index contributed by atoms with van der Waals surface area (Å²) in [7, 11) is 0. The summed E-state index contributed by atoms with van der Waals surface area (Å²) in [5, 5.41) is 0.365. The van der Waals surface area contributed by atoms with Crippen molar-refractivity contribution in [2.24, 2.45) is 0 Å². The maximum atomic E-state index is 12.3. The van der Waals surface area contributed by atoms with Gasteiger partial charge >= 0.3 is 0 Å². The molecule has 0 bridgehead atoms. The van der Waals surface area contributed by atoms with E-state index in [-0.39, 0.29) is 5.78 Å². The van der Waals surface area contributed by atoms with Crippen molar-refractivity contribution in [3.8, 4) is 0 Å². The Morgan fingerprint density at radius 1 is 1.35 bits per heavy atom. The first-order chi connectivity index (χ1) is 8.00. The van der Waals surface area contributed by atoms with Gasteiger partial charge in [-0.2, -0.15) is 0 Å². The third-order valence-electron chi connectivity index (χ3n) is 2.17. The molecule has 2 aromatic rings. The van der Waals surface area contributed by atoms with Crippen LogP contribution >= 0.6 is 54.8 Å². The summed E-state index contributed by atoms with van der Waals surface area (Å²) >= 11 is 14.1. The van der Waals surface area contributed by atoms with Crippen LogP contribution in [0.5, 0.6) is 0 Å². The zero-order chi connectivity index (χ0) is 12.6. The molecule has 0 saturated heterocycles. The van der Waals surface area contributed by atoms with Crippen LogP contribution in [0.15, 0.2) is 31.8 Å². The van der Waals surface area contributed by atoms with Gasteiger partial charge in [0, 0.05) is 11.3 Å². The highest BCUT2D eigenvalue weighted by Crippen LogP contribution is 2.35. The molecule has 2 nitrogen and oxygen atoms in total. The van der Waals surface area contributed by atoms with Crippen molar-refractivity contribution in [1.82, 2.24) is 0 Å². The van der Waals surface area contributed by atoms with Crippen LogP contribution in [0.4, 0.5) is 5.69 Å². The monoisotopic (exact) mass is 393 g/mol. The van der Waals surface area contributed by atoms with Gasteiger partial charge in [0.2, 0.25) is 0 Å². The lowest BCUT2D eigenvalue weighted by Crippen LogP contribution is -2.05. The van der Waals surface area contributed by atoms with Gasteiger partial charge in [-0.3, -0.25) is 4.79 Å². The van der Waals surface area contributed by atoms with Crippen molar-refractivity contribution in [2.75, 3.05) is 5.73 Å². The average molecular weight is 396 g/mol. The van der Waals surface area contributed by atoms with Crippen LogP contribution in [-0.4, -0.2) is 5.78 Å². The summed E-state index contributed by atoms with van der Waals surface area (Å²) in [5.74, 6) is -0.179. The number of hydrogen-bond donors (Lipinski definition) is 1. The fourth-order valence-electron chi connectivity index (χ4n) is 1.41. The maximum absolute atomic E-state index is 12.3. The number of carbonyl (C=O) groups is 1. The molecule has 0 radical (unpaired) electrons. The van der Waals surface area contributed by atoms with E-state index in [2.05, 4.69) is 31.9 Å². The lowest BCUT2D eigenvalue weighted by molar-refractivity contribution is 0.103.